The summed E-state index contributed by atoms with van der Waals surface area (Å²) in [4.78, 5) is 36.5. The van der Waals surface area contributed by atoms with Gasteiger partial charge in [0.05, 0.1) is 37.9 Å². The molecule has 4 aliphatic rings. The molecule has 0 bridgehead atoms. The number of imidazole rings is 1. The molecule has 0 radical (unpaired) electrons. The van der Waals surface area contributed by atoms with E-state index >= 15 is 0 Å². The number of aromatic nitrogens is 5. The van der Waals surface area contributed by atoms with Crippen LogP contribution in [0, 0.1) is 55.4 Å². The van der Waals surface area contributed by atoms with Crippen LogP contribution in [0.4, 0.5) is 22.7 Å². The first-order chi connectivity index (χ1) is 40.6. The zero-order valence-corrected chi connectivity index (χ0v) is 52.0. The fourth-order valence-electron chi connectivity index (χ4n) is 11.8. The minimum atomic E-state index is 0.250. The van der Waals surface area contributed by atoms with Crippen molar-refractivity contribution in [1.29, 1.82) is 0 Å². The highest BCUT2D eigenvalue weighted by Gasteiger charge is 2.30. The maximum atomic E-state index is 6.22. The van der Waals surface area contributed by atoms with Crippen LogP contribution >= 0.6 is 11.3 Å². The maximum Gasteiger partial charge on any atom is 0.319 e. The summed E-state index contributed by atoms with van der Waals surface area (Å²) in [5.74, 6) is 3.45. The Morgan fingerprint density at radius 1 is 0.412 bits per heavy atom. The molecule has 4 aliphatic heterocycles. The third-order valence-corrected chi connectivity index (χ3v) is 18.4. The Kier molecular flexibility index (Phi) is 13.2. The lowest BCUT2D eigenvalue weighted by Gasteiger charge is -2.28. The van der Waals surface area contributed by atoms with Gasteiger partial charge in [0.1, 0.15) is 47.1 Å². The lowest BCUT2D eigenvalue weighted by atomic mass is 10.1. The molecular weight excluding hydrogens is 1090 g/mol. The van der Waals surface area contributed by atoms with E-state index in [-0.39, 0.29) is 12.3 Å². The van der Waals surface area contributed by atoms with Crippen LogP contribution < -0.4 is 19.6 Å². The van der Waals surface area contributed by atoms with Crippen LogP contribution in [0.2, 0.25) is 0 Å². The first-order valence-electron chi connectivity index (χ1n) is 28.6. The third kappa shape index (κ3) is 8.98. The molecule has 0 aliphatic carbocycles. The van der Waals surface area contributed by atoms with Gasteiger partial charge in [-0.3, -0.25) is 0 Å². The first kappa shape index (κ1) is 54.9. The molecule has 12 heterocycles. The van der Waals surface area contributed by atoms with Gasteiger partial charge in [-0.25, -0.2) is 15.0 Å². The van der Waals surface area contributed by atoms with Crippen LogP contribution in [0.15, 0.2) is 125 Å². The summed E-state index contributed by atoms with van der Waals surface area (Å²) in [6.45, 7) is 24.8. The summed E-state index contributed by atoms with van der Waals surface area (Å²) in [7, 11) is 10.3. The summed E-state index contributed by atoms with van der Waals surface area (Å²) in [5.41, 5.74) is 16.9. The van der Waals surface area contributed by atoms with E-state index in [9.17, 15) is 0 Å². The molecule has 438 valence electrons. The standard InChI is InChI=1S/C17H20N4O.2C16H17N3O2.C16H17N3OS/c1-10-6-7-13-14-17(20(5)11(2)18-14)22-16(13)15(10)21-9-8-19(4)12(21)3;1-9-7-12-14(21-16-15(12)17-10(2)20-16)8-13(9)19-6-5-18(4)11(19)3;1-9-5-6-12-14(21-16-15(12)20-10(2)17-16)13(9)19-8-7-18(4)11(19)3;1-9-5-6-12-13-16(20-10(2)17-13)21-15(12)14(9)19-8-7-18(4)11(19)3/h6-9,12H,1-5H3;3*5-8,11H,1-4H3/t12-;3*11-/m0000/s1. The van der Waals surface area contributed by atoms with E-state index < -0.39 is 0 Å². The van der Waals surface area contributed by atoms with Crippen LogP contribution in [0.5, 0.6) is 0 Å². The van der Waals surface area contributed by atoms with E-state index in [0.717, 1.165) is 94.4 Å². The number of hydrogen-bond acceptors (Lipinski definition) is 19. The van der Waals surface area contributed by atoms with E-state index in [1.54, 1.807) is 11.3 Å². The van der Waals surface area contributed by atoms with Crippen LogP contribution in [-0.4, -0.2) is 97.0 Å². The molecular formula is C65H71N13O6S. The molecule has 8 aromatic heterocycles. The van der Waals surface area contributed by atoms with Crippen molar-refractivity contribution in [3.05, 3.63) is 144 Å². The lowest BCUT2D eigenvalue weighted by Crippen LogP contribution is -2.33. The van der Waals surface area contributed by atoms with Crippen LogP contribution in [0.3, 0.4) is 0 Å². The largest absolute Gasteiger partial charge is 0.437 e. The second-order valence-corrected chi connectivity index (χ2v) is 23.8. The number of nitrogens with zero attached hydrogens (tertiary/aromatic N) is 13. The molecule has 0 saturated heterocycles. The molecule has 4 atom stereocenters. The monoisotopic (exact) mass is 1160 g/mol. The minimum absolute atomic E-state index is 0.250. The zero-order valence-electron chi connectivity index (χ0n) is 51.2. The van der Waals surface area contributed by atoms with Gasteiger partial charge in [-0.15, -0.1) is 0 Å². The van der Waals surface area contributed by atoms with Gasteiger partial charge < -0.3 is 70.3 Å². The number of oxazole rings is 3. The maximum absolute atomic E-state index is 6.22. The van der Waals surface area contributed by atoms with Crippen LogP contribution in [0.1, 0.15) is 73.4 Å². The van der Waals surface area contributed by atoms with Crippen molar-refractivity contribution < 1.29 is 26.5 Å². The molecule has 12 aromatic rings. The highest BCUT2D eigenvalue weighted by molar-refractivity contribution is 7.25. The number of furan rings is 3. The lowest BCUT2D eigenvalue weighted by molar-refractivity contribution is 0.383. The fourth-order valence-corrected chi connectivity index (χ4v) is 13.1. The Bertz CT molecular complexity index is 4580. The SMILES string of the molecule is Cc1ccc2c(oc3c2nc(C)n3C)c1N1C=CN(C)[C@@H]1C.Cc1nc2c(o1)oc1cc(N3C=CN(C)[C@@H]3C)c(C)cc12.Cc1nc2c(o1)sc1c(N3C=CN(C)[C@@H]3C)c(C)ccc12.Cc1nc2oc3c(N4C=CN(C)[C@@H]4C)c(C)ccc3c2o1. The molecule has 0 saturated carbocycles. The zero-order chi connectivity index (χ0) is 59.8. The van der Waals surface area contributed by atoms with Crippen molar-refractivity contribution in [3.63, 3.8) is 0 Å². The Labute approximate surface area is 496 Å². The van der Waals surface area contributed by atoms with Gasteiger partial charge in [0.2, 0.25) is 16.2 Å². The van der Waals surface area contributed by atoms with Gasteiger partial charge >= 0.3 is 5.78 Å². The van der Waals surface area contributed by atoms with E-state index in [1.165, 1.54) is 38.0 Å². The molecule has 85 heavy (non-hydrogen) atoms. The number of fused-ring (bicyclic) bond motifs is 12. The minimum Gasteiger partial charge on any atom is -0.437 e. The Morgan fingerprint density at radius 3 is 1.51 bits per heavy atom. The quantitative estimate of drug-likeness (QED) is 0.163. The molecule has 4 aromatic carbocycles. The highest BCUT2D eigenvalue weighted by atomic mass is 32.1. The van der Waals surface area contributed by atoms with Crippen molar-refractivity contribution in [2.45, 2.75) is 108 Å². The Morgan fingerprint density at radius 2 is 0.918 bits per heavy atom. The van der Waals surface area contributed by atoms with Crippen molar-refractivity contribution in [2.24, 2.45) is 7.05 Å². The molecule has 0 unspecified atom stereocenters. The van der Waals surface area contributed by atoms with Crippen LogP contribution in [-0.2, 0) is 7.05 Å². The highest BCUT2D eigenvalue weighted by Crippen LogP contribution is 2.45. The summed E-state index contributed by atoms with van der Waals surface area (Å²) in [6, 6.07) is 16.9. The van der Waals surface area contributed by atoms with Gasteiger partial charge in [0.25, 0.3) is 5.71 Å². The molecule has 20 heteroatoms. The van der Waals surface area contributed by atoms with Gasteiger partial charge in [-0.1, -0.05) is 35.6 Å². The predicted molar refractivity (Wildman–Crippen MR) is 341 cm³/mol. The predicted octanol–water partition coefficient (Wildman–Crippen LogP) is 15.3. The summed E-state index contributed by atoms with van der Waals surface area (Å²) >= 11 is 1.69. The molecule has 0 fully saturated rings. The van der Waals surface area contributed by atoms with Crippen molar-refractivity contribution in [2.75, 3.05) is 47.8 Å². The average molecular weight is 1160 g/mol. The number of thiophene rings is 1. The van der Waals surface area contributed by atoms with E-state index in [4.69, 9.17) is 26.5 Å². The Hall–Kier alpha value is -9.30. The molecule has 0 amide bonds. The van der Waals surface area contributed by atoms with Gasteiger partial charge in [0, 0.05) is 123 Å². The second kappa shape index (κ2) is 20.5. The van der Waals surface area contributed by atoms with Gasteiger partial charge in [0.15, 0.2) is 34.4 Å². The van der Waals surface area contributed by atoms with Crippen molar-refractivity contribution in [3.8, 4) is 0 Å². The number of rotatable bonds is 4. The summed E-state index contributed by atoms with van der Waals surface area (Å²) < 4.78 is 38.1. The normalized spacial score (nSPS) is 18.5. The molecule has 0 spiro atoms. The average Bonchev–Trinajstić information content (AvgIpc) is 2.51. The third-order valence-electron chi connectivity index (χ3n) is 17.3. The topological polar surface area (TPSA) is 161 Å². The summed E-state index contributed by atoms with van der Waals surface area (Å²) in [6.07, 6.45) is 17.9. The van der Waals surface area contributed by atoms with E-state index in [1.807, 2.05) is 45.4 Å². The van der Waals surface area contributed by atoms with Gasteiger partial charge in [-0.05, 0) is 103 Å². The van der Waals surface area contributed by atoms with E-state index in [2.05, 4.69) is 235 Å². The number of anilines is 4. The molecule has 19 nitrogen and oxygen atoms in total. The van der Waals surface area contributed by atoms with E-state index in [0.29, 0.717) is 35.6 Å². The fraction of sp³-hybridized carbons (Fsp3) is 0.323. The van der Waals surface area contributed by atoms with Crippen molar-refractivity contribution in [1.82, 2.24) is 44.1 Å². The number of benzene rings is 4. The summed E-state index contributed by atoms with van der Waals surface area (Å²) in [5, 5.41) is 4.24. The van der Waals surface area contributed by atoms with Crippen LogP contribution in [0.25, 0.3) is 87.2 Å². The Balaban J connectivity index is 0.000000105. The van der Waals surface area contributed by atoms with Gasteiger partial charge in [-0.2, -0.15) is 4.98 Å². The molecule has 0 N–H and O–H groups in total. The smallest absolute Gasteiger partial charge is 0.319 e. The first-order valence-corrected chi connectivity index (χ1v) is 29.5. The second-order valence-electron chi connectivity index (χ2n) is 22.9. The molecule has 16 rings (SSSR count). The number of aryl methyl sites for hydroxylation is 9. The van der Waals surface area contributed by atoms with Crippen molar-refractivity contribution >= 4 is 121 Å². The number of hydrogen-bond donors (Lipinski definition) is 0.